The second-order valence-electron chi connectivity index (χ2n) is 6.52. The predicted octanol–water partition coefficient (Wildman–Crippen LogP) is 2.75. The molecule has 0 radical (unpaired) electrons. The van der Waals surface area contributed by atoms with Crippen molar-refractivity contribution < 1.29 is 27.5 Å². The standard InChI is InChI=1S/C17H22F3N3O3.ClH/c1-3-8-16(2,21)15(25)22-13-7-9-23(14(13)24)11-5-4-6-12(10-11)26-17(18,19)20;/h4-6,10,13H,3,7-9,21H2,1-2H3,(H,22,25);1H. The van der Waals surface area contributed by atoms with Crippen molar-refractivity contribution >= 4 is 29.9 Å². The lowest BCUT2D eigenvalue weighted by molar-refractivity contribution is -0.274. The van der Waals surface area contributed by atoms with E-state index in [9.17, 15) is 22.8 Å². The molecule has 152 valence electrons. The summed E-state index contributed by atoms with van der Waals surface area (Å²) in [7, 11) is 0. The van der Waals surface area contributed by atoms with E-state index in [1.54, 1.807) is 6.92 Å². The first-order valence-corrected chi connectivity index (χ1v) is 8.30. The molecule has 0 spiro atoms. The Hall–Kier alpha value is -2.00. The van der Waals surface area contributed by atoms with E-state index in [0.717, 1.165) is 18.6 Å². The number of carbonyl (C=O) groups excluding carboxylic acids is 2. The maximum Gasteiger partial charge on any atom is 0.573 e. The molecule has 6 nitrogen and oxygen atoms in total. The Morgan fingerprint density at radius 1 is 1.41 bits per heavy atom. The molecular formula is C17H23ClF3N3O3. The Labute approximate surface area is 161 Å². The first-order valence-electron chi connectivity index (χ1n) is 8.30. The van der Waals surface area contributed by atoms with E-state index < -0.39 is 35.5 Å². The molecule has 0 saturated carbocycles. The maximum atomic E-state index is 12.5. The monoisotopic (exact) mass is 409 g/mol. The van der Waals surface area contributed by atoms with Crippen LogP contribution < -0.4 is 20.7 Å². The lowest BCUT2D eigenvalue weighted by atomic mass is 9.96. The van der Waals surface area contributed by atoms with Crippen molar-refractivity contribution in [2.45, 2.75) is 51.1 Å². The summed E-state index contributed by atoms with van der Waals surface area (Å²) in [6, 6.07) is 4.42. The summed E-state index contributed by atoms with van der Waals surface area (Å²) in [6.07, 6.45) is -3.27. The van der Waals surface area contributed by atoms with Crippen LogP contribution in [0.2, 0.25) is 0 Å². The fourth-order valence-electron chi connectivity index (χ4n) is 2.87. The third-order valence-electron chi connectivity index (χ3n) is 4.16. The fraction of sp³-hybridized carbons (Fsp3) is 0.529. The van der Waals surface area contributed by atoms with Crippen LogP contribution in [0.25, 0.3) is 0 Å². The van der Waals surface area contributed by atoms with Crippen molar-refractivity contribution in [3.8, 4) is 5.75 Å². The predicted molar refractivity (Wildman–Crippen MR) is 96.8 cm³/mol. The van der Waals surface area contributed by atoms with Gasteiger partial charge in [0.15, 0.2) is 0 Å². The summed E-state index contributed by atoms with van der Waals surface area (Å²) in [6.45, 7) is 3.77. The van der Waals surface area contributed by atoms with Crippen LogP contribution in [0, 0.1) is 0 Å². The second kappa shape index (κ2) is 8.79. The van der Waals surface area contributed by atoms with Gasteiger partial charge < -0.3 is 20.7 Å². The van der Waals surface area contributed by atoms with Gasteiger partial charge in [0.25, 0.3) is 0 Å². The number of hydrogen-bond acceptors (Lipinski definition) is 4. The van der Waals surface area contributed by atoms with Gasteiger partial charge in [-0.3, -0.25) is 9.59 Å². The van der Waals surface area contributed by atoms with Crippen molar-refractivity contribution in [1.29, 1.82) is 0 Å². The van der Waals surface area contributed by atoms with Gasteiger partial charge in [0, 0.05) is 18.3 Å². The average Bonchev–Trinajstić information content (AvgIpc) is 2.87. The quantitative estimate of drug-likeness (QED) is 0.756. The lowest BCUT2D eigenvalue weighted by Crippen LogP contribution is -2.55. The number of rotatable bonds is 6. The van der Waals surface area contributed by atoms with Gasteiger partial charge in [-0.25, -0.2) is 0 Å². The molecule has 2 amide bonds. The maximum absolute atomic E-state index is 12.5. The zero-order valence-corrected chi connectivity index (χ0v) is 15.8. The first-order chi connectivity index (χ1) is 12.0. The van der Waals surface area contributed by atoms with Gasteiger partial charge in [-0.2, -0.15) is 0 Å². The van der Waals surface area contributed by atoms with Crippen LogP contribution in [0.3, 0.4) is 0 Å². The molecule has 1 heterocycles. The number of benzene rings is 1. The number of halogens is 4. The molecule has 1 aliphatic heterocycles. The van der Waals surface area contributed by atoms with E-state index >= 15 is 0 Å². The summed E-state index contributed by atoms with van der Waals surface area (Å²) in [4.78, 5) is 26.1. The molecule has 1 fully saturated rings. The highest BCUT2D eigenvalue weighted by Gasteiger charge is 2.37. The SMILES string of the molecule is CCCC(C)(N)C(=O)NC1CCN(c2cccc(OC(F)(F)F)c2)C1=O.Cl. The number of ether oxygens (including phenoxy) is 1. The third-order valence-corrected chi connectivity index (χ3v) is 4.16. The molecule has 27 heavy (non-hydrogen) atoms. The molecule has 0 aliphatic carbocycles. The van der Waals surface area contributed by atoms with Gasteiger partial charge >= 0.3 is 6.36 Å². The van der Waals surface area contributed by atoms with E-state index in [1.807, 2.05) is 6.92 Å². The van der Waals surface area contributed by atoms with Crippen LogP contribution >= 0.6 is 12.4 Å². The minimum Gasteiger partial charge on any atom is -0.406 e. The molecule has 1 aromatic carbocycles. The first kappa shape index (κ1) is 23.0. The molecular weight excluding hydrogens is 387 g/mol. The molecule has 1 aromatic rings. The summed E-state index contributed by atoms with van der Waals surface area (Å²) < 4.78 is 40.9. The Kier molecular flexibility index (Phi) is 7.50. The van der Waals surface area contributed by atoms with Crippen LogP contribution in [-0.2, 0) is 9.59 Å². The normalized spacial score (nSPS) is 19.3. The number of carbonyl (C=O) groups is 2. The van der Waals surface area contributed by atoms with E-state index in [4.69, 9.17) is 5.73 Å². The summed E-state index contributed by atoms with van der Waals surface area (Å²) in [5.74, 6) is -1.23. The molecule has 3 N–H and O–H groups in total. The van der Waals surface area contributed by atoms with Crippen LogP contribution in [-0.4, -0.2) is 36.3 Å². The number of hydrogen-bond donors (Lipinski definition) is 2. The minimum atomic E-state index is -4.81. The summed E-state index contributed by atoms with van der Waals surface area (Å²) >= 11 is 0. The number of nitrogens with zero attached hydrogens (tertiary/aromatic N) is 1. The Morgan fingerprint density at radius 3 is 2.67 bits per heavy atom. The van der Waals surface area contributed by atoms with Crippen molar-refractivity contribution in [1.82, 2.24) is 5.32 Å². The van der Waals surface area contributed by atoms with Crippen LogP contribution in [0.1, 0.15) is 33.1 Å². The molecule has 2 unspecified atom stereocenters. The van der Waals surface area contributed by atoms with Gasteiger partial charge in [0.05, 0.1) is 5.54 Å². The van der Waals surface area contributed by atoms with Gasteiger partial charge in [0.2, 0.25) is 11.8 Å². The largest absolute Gasteiger partial charge is 0.573 e. The Morgan fingerprint density at radius 2 is 2.07 bits per heavy atom. The highest BCUT2D eigenvalue weighted by molar-refractivity contribution is 6.02. The van der Waals surface area contributed by atoms with Gasteiger partial charge in [0.1, 0.15) is 11.8 Å². The zero-order chi connectivity index (χ0) is 19.5. The number of amides is 2. The van der Waals surface area contributed by atoms with E-state index in [-0.39, 0.29) is 24.6 Å². The van der Waals surface area contributed by atoms with Gasteiger partial charge in [-0.1, -0.05) is 19.4 Å². The molecule has 0 bridgehead atoms. The number of anilines is 1. The van der Waals surface area contributed by atoms with Crippen molar-refractivity contribution in [2.75, 3.05) is 11.4 Å². The molecule has 2 atom stereocenters. The topological polar surface area (TPSA) is 84.7 Å². The summed E-state index contributed by atoms with van der Waals surface area (Å²) in [5, 5.41) is 2.64. The Balaban J connectivity index is 0.00000364. The van der Waals surface area contributed by atoms with Crippen LogP contribution in [0.4, 0.5) is 18.9 Å². The smallest absolute Gasteiger partial charge is 0.406 e. The molecule has 1 aliphatic rings. The highest BCUT2D eigenvalue weighted by atomic mass is 35.5. The van der Waals surface area contributed by atoms with Gasteiger partial charge in [-0.15, -0.1) is 25.6 Å². The minimum absolute atomic E-state index is 0. The molecule has 0 aromatic heterocycles. The second-order valence-corrected chi connectivity index (χ2v) is 6.52. The van der Waals surface area contributed by atoms with Crippen molar-refractivity contribution in [3.63, 3.8) is 0 Å². The van der Waals surface area contributed by atoms with Crippen LogP contribution in [0.15, 0.2) is 24.3 Å². The zero-order valence-electron chi connectivity index (χ0n) is 15.0. The van der Waals surface area contributed by atoms with E-state index in [0.29, 0.717) is 12.8 Å². The number of alkyl halides is 3. The van der Waals surface area contributed by atoms with Crippen LogP contribution in [0.5, 0.6) is 5.75 Å². The summed E-state index contributed by atoms with van der Waals surface area (Å²) in [5.41, 5.74) is 5.15. The molecule has 10 heteroatoms. The fourth-order valence-corrected chi connectivity index (χ4v) is 2.87. The molecule has 1 saturated heterocycles. The Bertz CT molecular complexity index is 683. The lowest BCUT2D eigenvalue weighted by Gasteiger charge is -2.25. The highest BCUT2D eigenvalue weighted by Crippen LogP contribution is 2.29. The number of nitrogens with two attached hydrogens (primary N) is 1. The van der Waals surface area contributed by atoms with Gasteiger partial charge in [-0.05, 0) is 31.9 Å². The third kappa shape index (κ3) is 6.00. The van der Waals surface area contributed by atoms with Crippen molar-refractivity contribution in [3.05, 3.63) is 24.3 Å². The van der Waals surface area contributed by atoms with Crippen molar-refractivity contribution in [2.24, 2.45) is 5.73 Å². The molecule has 2 rings (SSSR count). The van der Waals surface area contributed by atoms with E-state index in [1.165, 1.54) is 17.0 Å². The average molecular weight is 410 g/mol. The van der Waals surface area contributed by atoms with E-state index in [2.05, 4.69) is 10.1 Å². The number of nitrogens with one attached hydrogen (secondary N) is 1.